The van der Waals surface area contributed by atoms with Crippen molar-refractivity contribution in [2.75, 3.05) is 19.1 Å². The molecule has 0 saturated carbocycles. The van der Waals surface area contributed by atoms with Gasteiger partial charge in [0.2, 0.25) is 5.91 Å². The van der Waals surface area contributed by atoms with Crippen LogP contribution in [0.15, 0.2) is 71.2 Å². The van der Waals surface area contributed by atoms with Crippen LogP contribution in [0.2, 0.25) is 0 Å². The van der Waals surface area contributed by atoms with Gasteiger partial charge in [0.15, 0.2) is 0 Å². The first kappa shape index (κ1) is 22.4. The molecule has 0 saturated heterocycles. The SMILES string of the molecule is CSCCC(NC(=O)c1ccccc1Br)C(=O)N(C)Cc1ccc2ccccc2c1. The van der Waals surface area contributed by atoms with Crippen LogP contribution < -0.4 is 5.32 Å². The van der Waals surface area contributed by atoms with Crippen molar-refractivity contribution in [3.05, 3.63) is 82.3 Å². The molecule has 2 amide bonds. The van der Waals surface area contributed by atoms with Crippen molar-refractivity contribution in [3.8, 4) is 0 Å². The van der Waals surface area contributed by atoms with Crippen LogP contribution in [0.4, 0.5) is 0 Å². The summed E-state index contributed by atoms with van der Waals surface area (Å²) in [6.45, 7) is 0.490. The zero-order valence-electron chi connectivity index (χ0n) is 17.1. The van der Waals surface area contributed by atoms with Crippen molar-refractivity contribution < 1.29 is 9.59 Å². The van der Waals surface area contributed by atoms with Crippen LogP contribution in [-0.4, -0.2) is 41.8 Å². The number of amides is 2. The van der Waals surface area contributed by atoms with Gasteiger partial charge in [-0.2, -0.15) is 11.8 Å². The number of rotatable bonds is 8. The fourth-order valence-electron chi connectivity index (χ4n) is 3.33. The Morgan fingerprint density at radius 2 is 1.73 bits per heavy atom. The van der Waals surface area contributed by atoms with Crippen molar-refractivity contribution >= 4 is 50.3 Å². The van der Waals surface area contributed by atoms with Gasteiger partial charge in [0.05, 0.1) is 5.56 Å². The van der Waals surface area contributed by atoms with E-state index in [1.165, 1.54) is 5.39 Å². The number of fused-ring (bicyclic) bond motifs is 1. The molecule has 156 valence electrons. The maximum Gasteiger partial charge on any atom is 0.253 e. The molecule has 0 aliphatic carbocycles. The van der Waals surface area contributed by atoms with Crippen LogP contribution in [0.25, 0.3) is 10.8 Å². The van der Waals surface area contributed by atoms with Crippen molar-refractivity contribution in [1.82, 2.24) is 10.2 Å². The molecule has 0 aliphatic heterocycles. The van der Waals surface area contributed by atoms with Crippen LogP contribution in [0.1, 0.15) is 22.3 Å². The summed E-state index contributed by atoms with van der Waals surface area (Å²) < 4.78 is 0.711. The first-order chi connectivity index (χ1) is 14.5. The number of nitrogens with zero attached hydrogens (tertiary/aromatic N) is 1. The third kappa shape index (κ3) is 5.64. The van der Waals surface area contributed by atoms with Gasteiger partial charge in [-0.1, -0.05) is 48.5 Å². The highest BCUT2D eigenvalue weighted by atomic mass is 79.9. The molecule has 0 heterocycles. The highest BCUT2D eigenvalue weighted by Crippen LogP contribution is 2.18. The number of thioether (sulfide) groups is 1. The maximum atomic E-state index is 13.2. The number of hydrogen-bond donors (Lipinski definition) is 1. The lowest BCUT2D eigenvalue weighted by Gasteiger charge is -2.25. The van der Waals surface area contributed by atoms with Crippen molar-refractivity contribution in [2.45, 2.75) is 19.0 Å². The number of hydrogen-bond acceptors (Lipinski definition) is 3. The van der Waals surface area contributed by atoms with Crippen LogP contribution in [0.5, 0.6) is 0 Å². The standard InChI is InChI=1S/C24H25BrN2O2S/c1-27(16-17-11-12-18-7-3-4-8-19(18)15-17)24(29)22(13-14-30-2)26-23(28)20-9-5-6-10-21(20)25/h3-12,15,22H,13-14,16H2,1-2H3,(H,26,28). The fraction of sp³-hybridized carbons (Fsp3) is 0.250. The number of carbonyl (C=O) groups is 2. The molecule has 1 atom stereocenters. The highest BCUT2D eigenvalue weighted by Gasteiger charge is 2.25. The molecule has 6 heteroatoms. The zero-order valence-corrected chi connectivity index (χ0v) is 19.5. The van der Waals surface area contributed by atoms with E-state index in [4.69, 9.17) is 0 Å². The van der Waals surface area contributed by atoms with Crippen molar-refractivity contribution in [3.63, 3.8) is 0 Å². The van der Waals surface area contributed by atoms with Crippen molar-refractivity contribution in [1.29, 1.82) is 0 Å². The summed E-state index contributed by atoms with van der Waals surface area (Å²) in [5, 5.41) is 5.26. The second-order valence-electron chi connectivity index (χ2n) is 7.16. The molecule has 3 rings (SSSR count). The molecule has 1 unspecified atom stereocenters. The topological polar surface area (TPSA) is 49.4 Å². The number of halogens is 1. The summed E-state index contributed by atoms with van der Waals surface area (Å²) in [4.78, 5) is 27.6. The minimum atomic E-state index is -0.567. The predicted molar refractivity (Wildman–Crippen MR) is 129 cm³/mol. The third-order valence-corrected chi connectivity index (χ3v) is 6.28. The monoisotopic (exact) mass is 484 g/mol. The molecule has 1 N–H and O–H groups in total. The van der Waals surface area contributed by atoms with E-state index in [0.29, 0.717) is 23.0 Å². The van der Waals surface area contributed by atoms with Gasteiger partial charge in [0.25, 0.3) is 5.91 Å². The smallest absolute Gasteiger partial charge is 0.253 e. The third-order valence-electron chi connectivity index (χ3n) is 4.94. The summed E-state index contributed by atoms with van der Waals surface area (Å²) >= 11 is 5.07. The summed E-state index contributed by atoms with van der Waals surface area (Å²) in [6, 6.07) is 21.1. The molecule has 30 heavy (non-hydrogen) atoms. The van der Waals surface area contributed by atoms with E-state index >= 15 is 0 Å². The Kier molecular flexibility index (Phi) is 7.94. The number of carbonyl (C=O) groups excluding carboxylic acids is 2. The van der Waals surface area contributed by atoms with Crippen LogP contribution in [-0.2, 0) is 11.3 Å². The van der Waals surface area contributed by atoms with E-state index in [1.54, 1.807) is 29.8 Å². The predicted octanol–water partition coefficient (Wildman–Crippen LogP) is 5.11. The molecule has 0 aromatic heterocycles. The van der Waals surface area contributed by atoms with Crippen LogP contribution in [0.3, 0.4) is 0 Å². The molecule has 3 aromatic rings. The van der Waals surface area contributed by atoms with E-state index in [0.717, 1.165) is 16.7 Å². The number of nitrogens with one attached hydrogen (secondary N) is 1. The normalized spacial score (nSPS) is 11.8. The summed E-state index contributed by atoms with van der Waals surface area (Å²) in [5.74, 6) is 0.454. The first-order valence-electron chi connectivity index (χ1n) is 9.76. The van der Waals surface area contributed by atoms with Gasteiger partial charge in [-0.3, -0.25) is 9.59 Å². The Morgan fingerprint density at radius 3 is 2.47 bits per heavy atom. The van der Waals surface area contributed by atoms with Crippen molar-refractivity contribution in [2.24, 2.45) is 0 Å². The number of benzene rings is 3. The van der Waals surface area contributed by atoms with Gasteiger partial charge in [0.1, 0.15) is 6.04 Å². The minimum absolute atomic E-state index is 0.0855. The Labute approximate surface area is 190 Å². The average Bonchev–Trinajstić information content (AvgIpc) is 2.76. The van der Waals surface area contributed by atoms with Crippen LogP contribution in [0, 0.1) is 0 Å². The minimum Gasteiger partial charge on any atom is -0.340 e. The Balaban J connectivity index is 1.72. The molecule has 0 aliphatic rings. The van der Waals surface area contributed by atoms with E-state index < -0.39 is 6.04 Å². The molecule has 0 radical (unpaired) electrons. The Morgan fingerprint density at radius 1 is 1.03 bits per heavy atom. The first-order valence-corrected chi connectivity index (χ1v) is 11.9. The second kappa shape index (κ2) is 10.6. The van der Waals surface area contributed by atoms with Gasteiger partial charge in [-0.15, -0.1) is 0 Å². The van der Waals surface area contributed by atoms with E-state index in [2.05, 4.69) is 45.5 Å². The molecule has 0 fully saturated rings. The molecular weight excluding hydrogens is 460 g/mol. The highest BCUT2D eigenvalue weighted by molar-refractivity contribution is 9.10. The summed E-state index contributed by atoms with van der Waals surface area (Å²) in [7, 11) is 1.79. The van der Waals surface area contributed by atoms with E-state index in [1.807, 2.05) is 42.7 Å². The summed E-state index contributed by atoms with van der Waals surface area (Å²) in [5.41, 5.74) is 1.59. The van der Waals surface area contributed by atoms with E-state index in [9.17, 15) is 9.59 Å². The quantitative estimate of drug-likeness (QED) is 0.482. The average molecular weight is 485 g/mol. The molecule has 0 spiro atoms. The largest absolute Gasteiger partial charge is 0.340 e. The molecule has 3 aromatic carbocycles. The zero-order chi connectivity index (χ0) is 21.5. The van der Waals surface area contributed by atoms with Gasteiger partial charge in [-0.25, -0.2) is 0 Å². The van der Waals surface area contributed by atoms with Gasteiger partial charge < -0.3 is 10.2 Å². The van der Waals surface area contributed by atoms with Gasteiger partial charge >= 0.3 is 0 Å². The Bertz CT molecular complexity index is 1040. The lowest BCUT2D eigenvalue weighted by atomic mass is 10.1. The van der Waals surface area contributed by atoms with Gasteiger partial charge in [0, 0.05) is 18.1 Å². The Hall–Kier alpha value is -2.31. The number of likely N-dealkylation sites (N-methyl/N-ethyl adjacent to an activating group) is 1. The van der Waals surface area contributed by atoms with Crippen LogP contribution >= 0.6 is 27.7 Å². The lowest BCUT2D eigenvalue weighted by molar-refractivity contribution is -0.132. The fourth-order valence-corrected chi connectivity index (χ4v) is 4.27. The van der Waals surface area contributed by atoms with Gasteiger partial charge in [-0.05, 0) is 68.9 Å². The molecular formula is C24H25BrN2O2S. The lowest BCUT2D eigenvalue weighted by Crippen LogP contribution is -2.47. The molecule has 4 nitrogen and oxygen atoms in total. The molecule has 0 bridgehead atoms. The summed E-state index contributed by atoms with van der Waals surface area (Å²) in [6.07, 6.45) is 2.58. The van der Waals surface area contributed by atoms with E-state index in [-0.39, 0.29) is 11.8 Å². The maximum absolute atomic E-state index is 13.2. The second-order valence-corrected chi connectivity index (χ2v) is 9.00.